The summed E-state index contributed by atoms with van der Waals surface area (Å²) in [6.45, 7) is 0.241. The number of benzene rings is 1. The average molecular weight is 384 g/mol. The first kappa shape index (κ1) is 16.0. The fourth-order valence-corrected chi connectivity index (χ4v) is 4.51. The van der Waals surface area contributed by atoms with E-state index in [0.717, 1.165) is 19.3 Å². The van der Waals surface area contributed by atoms with Gasteiger partial charge in [0.15, 0.2) is 0 Å². The Hall–Kier alpha value is -0.340. The van der Waals surface area contributed by atoms with E-state index in [2.05, 4.69) is 20.7 Å². The maximum absolute atomic E-state index is 12.3. The number of hydrogen-bond donors (Lipinski definition) is 2. The number of anilines is 1. The van der Waals surface area contributed by atoms with Crippen molar-refractivity contribution in [1.82, 2.24) is 4.72 Å². The summed E-state index contributed by atoms with van der Waals surface area (Å²) in [5.74, 6) is 0. The van der Waals surface area contributed by atoms with Crippen LogP contribution in [0.1, 0.15) is 19.3 Å². The molecule has 5 nitrogen and oxygen atoms in total. The van der Waals surface area contributed by atoms with Crippen LogP contribution in [0.4, 0.5) is 5.69 Å². The molecule has 0 unspecified atom stereocenters. The van der Waals surface area contributed by atoms with Crippen LogP contribution in [0.3, 0.4) is 0 Å². The highest BCUT2D eigenvalue weighted by molar-refractivity contribution is 9.10. The maximum Gasteiger partial charge on any atom is 0.241 e. The highest BCUT2D eigenvalue weighted by Gasteiger charge is 2.38. The highest BCUT2D eigenvalue weighted by atomic mass is 79.9. The molecule has 0 saturated heterocycles. The molecule has 112 valence electrons. The monoisotopic (exact) mass is 382 g/mol. The average Bonchev–Trinajstić information content (AvgIpc) is 2.32. The second-order valence-corrected chi connectivity index (χ2v) is 7.84. The van der Waals surface area contributed by atoms with Gasteiger partial charge in [0.25, 0.3) is 0 Å². The minimum absolute atomic E-state index is 0.0353. The number of halogens is 2. The Morgan fingerprint density at radius 1 is 1.50 bits per heavy atom. The van der Waals surface area contributed by atoms with E-state index in [9.17, 15) is 8.42 Å². The molecule has 1 saturated carbocycles. The molecule has 1 aromatic rings. The number of hydrogen-bond acceptors (Lipinski definition) is 4. The van der Waals surface area contributed by atoms with Gasteiger partial charge in [-0.2, -0.15) is 0 Å². The van der Waals surface area contributed by atoms with Crippen molar-refractivity contribution in [2.24, 2.45) is 0 Å². The van der Waals surface area contributed by atoms with Crippen LogP contribution in [0.25, 0.3) is 0 Å². The standard InChI is InChI=1S/C12H16BrClN2O3S/c1-19-12(3-2-4-12)7-16-20(17,18)10-6-8(14)5-9(15)11(10)13/h5-6,16H,2-4,7,15H2,1H3. The smallest absolute Gasteiger partial charge is 0.241 e. The van der Waals surface area contributed by atoms with Crippen LogP contribution in [-0.2, 0) is 14.8 Å². The van der Waals surface area contributed by atoms with Crippen LogP contribution in [-0.4, -0.2) is 27.7 Å². The van der Waals surface area contributed by atoms with Crippen LogP contribution in [0, 0.1) is 0 Å². The largest absolute Gasteiger partial charge is 0.398 e. The van der Waals surface area contributed by atoms with Gasteiger partial charge in [-0.1, -0.05) is 11.6 Å². The molecule has 1 aliphatic carbocycles. The highest BCUT2D eigenvalue weighted by Crippen LogP contribution is 2.35. The summed E-state index contributed by atoms with van der Waals surface area (Å²) in [5, 5.41) is 0.274. The van der Waals surface area contributed by atoms with E-state index in [1.807, 2.05) is 0 Å². The van der Waals surface area contributed by atoms with E-state index in [-0.39, 0.29) is 27.8 Å². The third kappa shape index (κ3) is 3.12. The summed E-state index contributed by atoms with van der Waals surface area (Å²) in [7, 11) is -2.10. The molecule has 3 N–H and O–H groups in total. The second-order valence-electron chi connectivity index (χ2n) is 4.87. The first-order chi connectivity index (χ1) is 9.30. The summed E-state index contributed by atoms with van der Waals surface area (Å²) in [5.41, 5.74) is 5.61. The van der Waals surface area contributed by atoms with E-state index in [0.29, 0.717) is 4.47 Å². The van der Waals surface area contributed by atoms with Gasteiger partial charge in [0.1, 0.15) is 0 Å². The van der Waals surface area contributed by atoms with E-state index < -0.39 is 10.0 Å². The fraction of sp³-hybridized carbons (Fsp3) is 0.500. The lowest BCUT2D eigenvalue weighted by Gasteiger charge is -2.40. The second kappa shape index (κ2) is 5.81. The van der Waals surface area contributed by atoms with Gasteiger partial charge in [0.2, 0.25) is 10.0 Å². The molecule has 0 aromatic heterocycles. The predicted octanol–water partition coefficient (Wildman–Crippen LogP) is 2.53. The summed E-state index contributed by atoms with van der Waals surface area (Å²) in [6.07, 6.45) is 2.75. The first-order valence-corrected chi connectivity index (χ1v) is 8.74. The molecular weight excluding hydrogens is 368 g/mol. The number of nitrogens with one attached hydrogen (secondary N) is 1. The van der Waals surface area contributed by atoms with Crippen molar-refractivity contribution in [3.8, 4) is 0 Å². The Morgan fingerprint density at radius 2 is 2.15 bits per heavy atom. The van der Waals surface area contributed by atoms with Gasteiger partial charge in [0.05, 0.1) is 15.0 Å². The number of nitrogen functional groups attached to an aromatic ring is 1. The Labute approximate surface area is 132 Å². The molecule has 0 bridgehead atoms. The lowest BCUT2D eigenvalue weighted by atomic mass is 9.80. The predicted molar refractivity (Wildman–Crippen MR) is 82.3 cm³/mol. The first-order valence-electron chi connectivity index (χ1n) is 6.09. The Kier molecular flexibility index (Phi) is 4.66. The summed E-state index contributed by atoms with van der Waals surface area (Å²) >= 11 is 9.05. The van der Waals surface area contributed by atoms with E-state index >= 15 is 0 Å². The molecule has 0 atom stereocenters. The minimum Gasteiger partial charge on any atom is -0.398 e. The van der Waals surface area contributed by atoms with E-state index in [1.165, 1.54) is 12.1 Å². The molecule has 1 aromatic carbocycles. The zero-order valence-corrected chi connectivity index (χ0v) is 14.1. The van der Waals surface area contributed by atoms with Gasteiger partial charge in [0, 0.05) is 24.4 Å². The molecule has 8 heteroatoms. The summed E-state index contributed by atoms with van der Waals surface area (Å²) in [4.78, 5) is 0.0353. The summed E-state index contributed by atoms with van der Waals surface area (Å²) < 4.78 is 33.0. The van der Waals surface area contributed by atoms with Gasteiger partial charge < -0.3 is 10.5 Å². The van der Waals surface area contributed by atoms with Crippen molar-refractivity contribution in [1.29, 1.82) is 0 Å². The van der Waals surface area contributed by atoms with Gasteiger partial charge in [-0.3, -0.25) is 0 Å². The number of rotatable bonds is 5. The quantitative estimate of drug-likeness (QED) is 0.766. The molecule has 2 rings (SSSR count). The third-order valence-corrected chi connectivity index (χ3v) is 6.39. The number of methoxy groups -OCH3 is 1. The van der Waals surface area contributed by atoms with Gasteiger partial charge >= 0.3 is 0 Å². The Balaban J connectivity index is 2.23. The molecule has 0 heterocycles. The fourth-order valence-electron chi connectivity index (χ4n) is 2.11. The van der Waals surface area contributed by atoms with Crippen LogP contribution in [0.2, 0.25) is 5.02 Å². The molecular formula is C12H16BrClN2O3S. The van der Waals surface area contributed by atoms with Gasteiger partial charge in [-0.15, -0.1) is 0 Å². The molecule has 0 radical (unpaired) electrons. The van der Waals surface area contributed by atoms with Crippen molar-refractivity contribution in [2.45, 2.75) is 29.8 Å². The lowest BCUT2D eigenvalue weighted by molar-refractivity contribution is -0.0659. The topological polar surface area (TPSA) is 81.4 Å². The number of sulfonamides is 1. The number of ether oxygens (including phenoxy) is 1. The third-order valence-electron chi connectivity index (χ3n) is 3.60. The zero-order valence-electron chi connectivity index (χ0n) is 10.9. The van der Waals surface area contributed by atoms with Crippen LogP contribution in [0.5, 0.6) is 0 Å². The van der Waals surface area contributed by atoms with Crippen molar-refractivity contribution < 1.29 is 13.2 Å². The van der Waals surface area contributed by atoms with Crippen molar-refractivity contribution in [3.05, 3.63) is 21.6 Å². The normalized spacial score (nSPS) is 17.8. The molecule has 0 amide bonds. The van der Waals surface area contributed by atoms with Gasteiger partial charge in [-0.05, 0) is 47.3 Å². The molecule has 0 spiro atoms. The number of nitrogens with two attached hydrogens (primary N) is 1. The van der Waals surface area contributed by atoms with Crippen molar-refractivity contribution in [2.75, 3.05) is 19.4 Å². The van der Waals surface area contributed by atoms with Gasteiger partial charge in [-0.25, -0.2) is 13.1 Å². The van der Waals surface area contributed by atoms with Crippen molar-refractivity contribution >= 4 is 43.2 Å². The molecule has 1 fully saturated rings. The molecule has 20 heavy (non-hydrogen) atoms. The lowest BCUT2D eigenvalue weighted by Crippen LogP contribution is -2.49. The zero-order chi connectivity index (χ0) is 15.0. The molecule has 0 aliphatic heterocycles. The molecule has 1 aliphatic rings. The van der Waals surface area contributed by atoms with E-state index in [4.69, 9.17) is 22.1 Å². The minimum atomic E-state index is -3.70. The van der Waals surface area contributed by atoms with Crippen LogP contribution in [0.15, 0.2) is 21.5 Å². The Bertz CT molecular complexity index is 612. The SMILES string of the molecule is COC1(CNS(=O)(=O)c2cc(Cl)cc(N)c2Br)CCC1. The summed E-state index contributed by atoms with van der Waals surface area (Å²) in [6, 6.07) is 2.86. The van der Waals surface area contributed by atoms with Crippen LogP contribution < -0.4 is 10.5 Å². The van der Waals surface area contributed by atoms with Crippen LogP contribution >= 0.6 is 27.5 Å². The maximum atomic E-state index is 12.3. The van der Waals surface area contributed by atoms with E-state index in [1.54, 1.807) is 7.11 Å². The van der Waals surface area contributed by atoms with Crippen molar-refractivity contribution in [3.63, 3.8) is 0 Å². The Morgan fingerprint density at radius 3 is 2.65 bits per heavy atom.